The summed E-state index contributed by atoms with van der Waals surface area (Å²) < 4.78 is 1.77. The molecule has 0 radical (unpaired) electrons. The first-order chi connectivity index (χ1) is 10.5. The minimum Gasteiger partial charge on any atom is -0.343 e. The molecule has 0 aromatic carbocycles. The third kappa shape index (κ3) is 4.08. The normalized spacial score (nSPS) is 16.1. The Bertz CT molecular complexity index is 490. The highest BCUT2D eigenvalue weighted by atomic mass is 16.2. The van der Waals surface area contributed by atoms with Gasteiger partial charge in [-0.3, -0.25) is 14.3 Å². The molecule has 1 fully saturated rings. The quantitative estimate of drug-likeness (QED) is 0.826. The molecule has 1 aromatic heterocycles. The molecule has 2 heterocycles. The Hall–Kier alpha value is -1.85. The van der Waals surface area contributed by atoms with Gasteiger partial charge in [-0.25, -0.2) is 0 Å². The average Bonchev–Trinajstić information content (AvgIpc) is 3.04. The summed E-state index contributed by atoms with van der Waals surface area (Å²) in [5, 5.41) is 4.10. The van der Waals surface area contributed by atoms with E-state index in [9.17, 15) is 9.59 Å². The van der Waals surface area contributed by atoms with Crippen LogP contribution < -0.4 is 0 Å². The van der Waals surface area contributed by atoms with Crippen LogP contribution in [0.2, 0.25) is 0 Å². The number of hydrogen-bond donors (Lipinski definition) is 0. The summed E-state index contributed by atoms with van der Waals surface area (Å²) in [6.45, 7) is 6.01. The van der Waals surface area contributed by atoms with E-state index in [0.717, 1.165) is 12.8 Å². The van der Waals surface area contributed by atoms with Gasteiger partial charge in [0.1, 0.15) is 0 Å². The number of piperidine rings is 1. The summed E-state index contributed by atoms with van der Waals surface area (Å²) >= 11 is 0. The highest BCUT2D eigenvalue weighted by Crippen LogP contribution is 2.20. The number of nitrogens with zero attached hydrogens (tertiary/aromatic N) is 4. The SMILES string of the molecule is CC(C)N(C)C(=O)C1CCN(C(=O)CCn2cccn2)CC1. The highest BCUT2D eigenvalue weighted by molar-refractivity contribution is 5.80. The number of carbonyl (C=O) groups is 2. The minimum atomic E-state index is 0.0579. The van der Waals surface area contributed by atoms with Crippen molar-refractivity contribution in [3.05, 3.63) is 18.5 Å². The van der Waals surface area contributed by atoms with Crippen LogP contribution in [0.4, 0.5) is 0 Å². The zero-order chi connectivity index (χ0) is 16.1. The second-order valence-electron chi connectivity index (χ2n) is 6.22. The number of carbonyl (C=O) groups excluding carboxylic acids is 2. The van der Waals surface area contributed by atoms with Crippen LogP contribution in [-0.2, 0) is 16.1 Å². The summed E-state index contributed by atoms with van der Waals surface area (Å²) in [5.74, 6) is 0.416. The predicted molar refractivity (Wildman–Crippen MR) is 84.1 cm³/mol. The van der Waals surface area contributed by atoms with Crippen molar-refractivity contribution in [2.45, 2.75) is 45.7 Å². The summed E-state index contributed by atoms with van der Waals surface area (Å²) in [7, 11) is 1.86. The van der Waals surface area contributed by atoms with Crippen LogP contribution in [0, 0.1) is 5.92 Å². The maximum absolute atomic E-state index is 12.3. The fourth-order valence-corrected chi connectivity index (χ4v) is 2.72. The third-order valence-electron chi connectivity index (χ3n) is 4.43. The van der Waals surface area contributed by atoms with E-state index in [-0.39, 0.29) is 23.8 Å². The molecule has 0 bridgehead atoms. The molecule has 122 valence electrons. The fraction of sp³-hybridized carbons (Fsp3) is 0.688. The lowest BCUT2D eigenvalue weighted by Gasteiger charge is -2.34. The van der Waals surface area contributed by atoms with Crippen LogP contribution >= 0.6 is 0 Å². The predicted octanol–water partition coefficient (Wildman–Crippen LogP) is 1.38. The maximum atomic E-state index is 12.3. The van der Waals surface area contributed by atoms with Gasteiger partial charge in [0.2, 0.25) is 11.8 Å². The van der Waals surface area contributed by atoms with Crippen LogP contribution in [0.3, 0.4) is 0 Å². The van der Waals surface area contributed by atoms with Gasteiger partial charge in [-0.05, 0) is 32.8 Å². The van der Waals surface area contributed by atoms with Crippen molar-refractivity contribution in [2.75, 3.05) is 20.1 Å². The lowest BCUT2D eigenvalue weighted by molar-refractivity contribution is -0.141. The molecule has 1 saturated heterocycles. The fourth-order valence-electron chi connectivity index (χ4n) is 2.72. The molecule has 1 aliphatic heterocycles. The Balaban J connectivity index is 1.76. The number of likely N-dealkylation sites (tertiary alicyclic amines) is 1. The molecule has 0 saturated carbocycles. The smallest absolute Gasteiger partial charge is 0.225 e. The zero-order valence-corrected chi connectivity index (χ0v) is 13.7. The zero-order valence-electron chi connectivity index (χ0n) is 13.7. The molecule has 0 spiro atoms. The van der Waals surface area contributed by atoms with E-state index in [4.69, 9.17) is 0 Å². The molecule has 0 N–H and O–H groups in total. The molecule has 22 heavy (non-hydrogen) atoms. The second kappa shape index (κ2) is 7.42. The highest BCUT2D eigenvalue weighted by Gasteiger charge is 2.29. The summed E-state index contributed by atoms with van der Waals surface area (Å²) in [6.07, 6.45) is 5.58. The largest absolute Gasteiger partial charge is 0.343 e. The Morgan fingerprint density at radius 2 is 2.00 bits per heavy atom. The lowest BCUT2D eigenvalue weighted by atomic mass is 9.95. The summed E-state index contributed by atoms with van der Waals surface area (Å²) in [4.78, 5) is 28.2. The van der Waals surface area contributed by atoms with Crippen molar-refractivity contribution in [1.82, 2.24) is 19.6 Å². The van der Waals surface area contributed by atoms with Gasteiger partial charge in [-0.1, -0.05) is 0 Å². The molecule has 2 rings (SSSR count). The van der Waals surface area contributed by atoms with E-state index in [0.29, 0.717) is 26.1 Å². The molecular formula is C16H26N4O2. The Labute approximate surface area is 132 Å². The molecule has 0 unspecified atom stereocenters. The van der Waals surface area contributed by atoms with E-state index in [2.05, 4.69) is 5.10 Å². The van der Waals surface area contributed by atoms with Crippen molar-refractivity contribution >= 4 is 11.8 Å². The first-order valence-corrected chi connectivity index (χ1v) is 8.01. The third-order valence-corrected chi connectivity index (χ3v) is 4.43. The molecule has 6 nitrogen and oxygen atoms in total. The van der Waals surface area contributed by atoms with Crippen molar-refractivity contribution in [3.63, 3.8) is 0 Å². The van der Waals surface area contributed by atoms with Gasteiger partial charge in [-0.15, -0.1) is 0 Å². The molecule has 2 amide bonds. The monoisotopic (exact) mass is 306 g/mol. The van der Waals surface area contributed by atoms with Gasteiger partial charge in [0.05, 0.1) is 0 Å². The van der Waals surface area contributed by atoms with Gasteiger partial charge < -0.3 is 9.80 Å². The Morgan fingerprint density at radius 1 is 1.32 bits per heavy atom. The standard InChI is InChI=1S/C16H26N4O2/c1-13(2)18(3)16(22)14-5-10-19(11-6-14)15(21)7-12-20-9-4-8-17-20/h4,8-9,13-14H,5-7,10-12H2,1-3H3. The van der Waals surface area contributed by atoms with Crippen LogP contribution in [0.1, 0.15) is 33.1 Å². The van der Waals surface area contributed by atoms with Crippen LogP contribution in [-0.4, -0.2) is 57.6 Å². The van der Waals surface area contributed by atoms with Crippen LogP contribution in [0.15, 0.2) is 18.5 Å². The Morgan fingerprint density at radius 3 is 2.55 bits per heavy atom. The topological polar surface area (TPSA) is 58.4 Å². The molecule has 1 aromatic rings. The van der Waals surface area contributed by atoms with Crippen molar-refractivity contribution in [1.29, 1.82) is 0 Å². The summed E-state index contributed by atoms with van der Waals surface area (Å²) in [5.41, 5.74) is 0. The number of aryl methyl sites for hydroxylation is 1. The average molecular weight is 306 g/mol. The van der Waals surface area contributed by atoms with Crippen LogP contribution in [0.5, 0.6) is 0 Å². The van der Waals surface area contributed by atoms with Crippen LogP contribution in [0.25, 0.3) is 0 Å². The van der Waals surface area contributed by atoms with Gasteiger partial charge in [0, 0.05) is 57.5 Å². The maximum Gasteiger partial charge on any atom is 0.225 e. The lowest BCUT2D eigenvalue weighted by Crippen LogP contribution is -2.45. The van der Waals surface area contributed by atoms with E-state index < -0.39 is 0 Å². The van der Waals surface area contributed by atoms with Gasteiger partial charge in [-0.2, -0.15) is 5.10 Å². The first-order valence-electron chi connectivity index (χ1n) is 8.01. The molecule has 0 atom stereocenters. The summed E-state index contributed by atoms with van der Waals surface area (Å²) in [6, 6.07) is 2.08. The second-order valence-corrected chi connectivity index (χ2v) is 6.22. The first kappa shape index (κ1) is 16.5. The van der Waals surface area contributed by atoms with E-state index >= 15 is 0 Å². The van der Waals surface area contributed by atoms with Gasteiger partial charge in [0.15, 0.2) is 0 Å². The van der Waals surface area contributed by atoms with Gasteiger partial charge >= 0.3 is 0 Å². The molecule has 1 aliphatic rings. The number of aromatic nitrogens is 2. The van der Waals surface area contributed by atoms with Crippen molar-refractivity contribution < 1.29 is 9.59 Å². The molecular weight excluding hydrogens is 280 g/mol. The number of amides is 2. The number of rotatable bonds is 5. The minimum absolute atomic E-state index is 0.0579. The van der Waals surface area contributed by atoms with E-state index in [1.165, 1.54) is 0 Å². The molecule has 0 aliphatic carbocycles. The van der Waals surface area contributed by atoms with Crippen molar-refractivity contribution in [3.8, 4) is 0 Å². The van der Waals surface area contributed by atoms with E-state index in [1.54, 1.807) is 15.8 Å². The van der Waals surface area contributed by atoms with E-state index in [1.807, 2.05) is 38.1 Å². The molecule has 6 heteroatoms. The number of hydrogen-bond acceptors (Lipinski definition) is 3. The van der Waals surface area contributed by atoms with Crippen molar-refractivity contribution in [2.24, 2.45) is 5.92 Å². The van der Waals surface area contributed by atoms with Gasteiger partial charge in [0.25, 0.3) is 0 Å². The Kier molecular flexibility index (Phi) is 5.57.